The Labute approximate surface area is 173 Å². The summed E-state index contributed by atoms with van der Waals surface area (Å²) in [6, 6.07) is 21.9. The van der Waals surface area contributed by atoms with Gasteiger partial charge in [-0.05, 0) is 65.8 Å². The van der Waals surface area contributed by atoms with E-state index in [1.54, 1.807) is 7.11 Å². The van der Waals surface area contributed by atoms with E-state index in [1.165, 1.54) is 28.7 Å². The predicted octanol–water partition coefficient (Wildman–Crippen LogP) is 4.03. The van der Waals surface area contributed by atoms with Gasteiger partial charge in [0.25, 0.3) is 0 Å². The molecule has 1 unspecified atom stereocenters. The highest BCUT2D eigenvalue weighted by atomic mass is 16.5. The minimum atomic E-state index is 0.538. The molecule has 0 saturated carbocycles. The summed E-state index contributed by atoms with van der Waals surface area (Å²) in [7, 11) is 1.73. The molecule has 150 valence electrons. The van der Waals surface area contributed by atoms with Crippen molar-refractivity contribution in [1.82, 2.24) is 15.6 Å². The molecule has 0 bridgehead atoms. The van der Waals surface area contributed by atoms with Crippen LogP contribution in [-0.4, -0.2) is 18.1 Å². The van der Waals surface area contributed by atoms with Gasteiger partial charge in [-0.2, -0.15) is 0 Å². The fourth-order valence-electron chi connectivity index (χ4n) is 3.91. The topological polar surface area (TPSA) is 46.2 Å². The van der Waals surface area contributed by atoms with E-state index in [-0.39, 0.29) is 0 Å². The summed E-state index contributed by atoms with van der Waals surface area (Å²) in [4.78, 5) is 4.34. The Morgan fingerprint density at radius 3 is 2.52 bits per heavy atom. The SMILES string of the molecule is COc1ccc2c(c1)CCC(NCc1ccc(CNCc3ccccn3)cc1)C2. The van der Waals surface area contributed by atoms with Crippen molar-refractivity contribution in [3.05, 3.63) is 94.8 Å². The maximum absolute atomic E-state index is 5.35. The number of pyridine rings is 1. The van der Waals surface area contributed by atoms with Crippen LogP contribution < -0.4 is 15.4 Å². The highest BCUT2D eigenvalue weighted by molar-refractivity contribution is 5.38. The first-order valence-electron chi connectivity index (χ1n) is 10.4. The molecule has 0 saturated heterocycles. The Morgan fingerprint density at radius 2 is 1.76 bits per heavy atom. The van der Waals surface area contributed by atoms with Gasteiger partial charge < -0.3 is 15.4 Å². The van der Waals surface area contributed by atoms with Crippen LogP contribution in [0, 0.1) is 0 Å². The van der Waals surface area contributed by atoms with Crippen LogP contribution in [0.5, 0.6) is 5.75 Å². The van der Waals surface area contributed by atoms with Crippen LogP contribution in [0.1, 0.15) is 34.4 Å². The Kier molecular flexibility index (Phi) is 6.55. The number of rotatable bonds is 8. The molecule has 2 N–H and O–H groups in total. The smallest absolute Gasteiger partial charge is 0.119 e. The van der Waals surface area contributed by atoms with Crippen molar-refractivity contribution in [3.8, 4) is 5.75 Å². The van der Waals surface area contributed by atoms with Gasteiger partial charge in [-0.3, -0.25) is 4.98 Å². The molecule has 1 aromatic heterocycles. The summed E-state index contributed by atoms with van der Waals surface area (Å²) in [6.45, 7) is 2.56. The van der Waals surface area contributed by atoms with E-state index in [0.717, 1.165) is 43.9 Å². The molecule has 4 rings (SSSR count). The number of methoxy groups -OCH3 is 1. The van der Waals surface area contributed by atoms with Crippen molar-refractivity contribution in [1.29, 1.82) is 0 Å². The van der Waals surface area contributed by atoms with Crippen molar-refractivity contribution >= 4 is 0 Å². The van der Waals surface area contributed by atoms with Gasteiger partial charge in [0.1, 0.15) is 5.75 Å². The van der Waals surface area contributed by atoms with Gasteiger partial charge in [-0.1, -0.05) is 36.4 Å². The minimum Gasteiger partial charge on any atom is -0.497 e. The van der Waals surface area contributed by atoms with Crippen LogP contribution in [0.25, 0.3) is 0 Å². The molecule has 0 fully saturated rings. The number of hydrogen-bond donors (Lipinski definition) is 2. The summed E-state index contributed by atoms with van der Waals surface area (Å²) in [6.07, 6.45) is 5.22. The molecule has 0 radical (unpaired) electrons. The van der Waals surface area contributed by atoms with Crippen LogP contribution in [-0.2, 0) is 32.5 Å². The number of nitrogens with zero attached hydrogens (tertiary/aromatic N) is 1. The Morgan fingerprint density at radius 1 is 0.931 bits per heavy atom. The van der Waals surface area contributed by atoms with E-state index >= 15 is 0 Å². The number of ether oxygens (including phenoxy) is 1. The van der Waals surface area contributed by atoms with Crippen LogP contribution >= 0.6 is 0 Å². The normalized spacial score (nSPS) is 15.7. The highest BCUT2D eigenvalue weighted by Gasteiger charge is 2.18. The van der Waals surface area contributed by atoms with Gasteiger partial charge in [0, 0.05) is 31.9 Å². The van der Waals surface area contributed by atoms with Gasteiger partial charge in [0.05, 0.1) is 12.8 Å². The average Bonchev–Trinajstić information content (AvgIpc) is 2.79. The van der Waals surface area contributed by atoms with E-state index < -0.39 is 0 Å². The molecule has 0 amide bonds. The third-order valence-corrected chi connectivity index (χ3v) is 5.62. The number of hydrogen-bond acceptors (Lipinski definition) is 4. The lowest BCUT2D eigenvalue weighted by Gasteiger charge is -2.26. The number of aryl methyl sites for hydroxylation is 1. The summed E-state index contributed by atoms with van der Waals surface area (Å²) in [5.41, 5.74) is 6.58. The second kappa shape index (κ2) is 9.68. The summed E-state index contributed by atoms with van der Waals surface area (Å²) < 4.78 is 5.35. The number of aromatic nitrogens is 1. The molecular formula is C25H29N3O. The summed E-state index contributed by atoms with van der Waals surface area (Å²) >= 11 is 0. The van der Waals surface area contributed by atoms with E-state index in [4.69, 9.17) is 4.74 Å². The largest absolute Gasteiger partial charge is 0.497 e. The molecule has 4 heteroatoms. The fraction of sp³-hybridized carbons (Fsp3) is 0.320. The van der Waals surface area contributed by atoms with Crippen LogP contribution in [0.2, 0.25) is 0 Å². The maximum atomic E-state index is 5.35. The third-order valence-electron chi connectivity index (χ3n) is 5.62. The zero-order chi connectivity index (χ0) is 19.9. The lowest BCUT2D eigenvalue weighted by molar-refractivity contribution is 0.411. The molecular weight excluding hydrogens is 358 g/mol. The van der Waals surface area contributed by atoms with Gasteiger partial charge in [0.2, 0.25) is 0 Å². The highest BCUT2D eigenvalue weighted by Crippen LogP contribution is 2.25. The number of benzene rings is 2. The van der Waals surface area contributed by atoms with Crippen molar-refractivity contribution < 1.29 is 4.74 Å². The van der Waals surface area contributed by atoms with E-state index in [0.29, 0.717) is 6.04 Å². The van der Waals surface area contributed by atoms with Crippen molar-refractivity contribution in [3.63, 3.8) is 0 Å². The van der Waals surface area contributed by atoms with E-state index in [1.807, 2.05) is 24.4 Å². The lowest BCUT2D eigenvalue weighted by Crippen LogP contribution is -2.34. The van der Waals surface area contributed by atoms with Gasteiger partial charge >= 0.3 is 0 Å². The minimum absolute atomic E-state index is 0.538. The Balaban J connectivity index is 1.23. The van der Waals surface area contributed by atoms with E-state index in [2.05, 4.69) is 58.1 Å². The van der Waals surface area contributed by atoms with E-state index in [9.17, 15) is 0 Å². The van der Waals surface area contributed by atoms with Crippen LogP contribution in [0.4, 0.5) is 0 Å². The maximum Gasteiger partial charge on any atom is 0.119 e. The van der Waals surface area contributed by atoms with Crippen LogP contribution in [0.3, 0.4) is 0 Å². The molecule has 3 aromatic rings. The average molecular weight is 388 g/mol. The predicted molar refractivity (Wildman–Crippen MR) is 117 cm³/mol. The van der Waals surface area contributed by atoms with Crippen molar-refractivity contribution in [2.24, 2.45) is 0 Å². The molecule has 4 nitrogen and oxygen atoms in total. The second-order valence-electron chi connectivity index (χ2n) is 7.70. The molecule has 1 aliphatic carbocycles. The molecule has 29 heavy (non-hydrogen) atoms. The standard InChI is InChI=1S/C25H29N3O/c1-29-25-12-10-21-14-23(11-9-22(21)15-25)28-17-20-7-5-19(6-8-20)16-26-18-24-4-2-3-13-27-24/h2-8,10,12-13,15,23,26,28H,9,11,14,16-18H2,1H3. The zero-order valence-corrected chi connectivity index (χ0v) is 17.0. The monoisotopic (exact) mass is 387 g/mol. The molecule has 1 aliphatic rings. The molecule has 0 spiro atoms. The first kappa shape index (κ1) is 19.6. The zero-order valence-electron chi connectivity index (χ0n) is 17.0. The summed E-state index contributed by atoms with van der Waals surface area (Å²) in [5, 5.41) is 7.19. The number of nitrogens with one attached hydrogen (secondary N) is 2. The Hall–Kier alpha value is -2.69. The molecule has 0 aliphatic heterocycles. The second-order valence-corrected chi connectivity index (χ2v) is 7.70. The Bertz CT molecular complexity index is 909. The third kappa shape index (κ3) is 5.43. The van der Waals surface area contributed by atoms with Gasteiger partial charge in [-0.15, -0.1) is 0 Å². The van der Waals surface area contributed by atoms with Crippen molar-refractivity contribution in [2.75, 3.05) is 7.11 Å². The van der Waals surface area contributed by atoms with Gasteiger partial charge in [-0.25, -0.2) is 0 Å². The number of fused-ring (bicyclic) bond motifs is 1. The van der Waals surface area contributed by atoms with Gasteiger partial charge in [0.15, 0.2) is 0 Å². The fourth-order valence-corrected chi connectivity index (χ4v) is 3.91. The lowest BCUT2D eigenvalue weighted by atomic mass is 9.88. The van der Waals surface area contributed by atoms with Crippen LogP contribution in [0.15, 0.2) is 66.9 Å². The first-order chi connectivity index (χ1) is 14.3. The molecule has 2 aromatic carbocycles. The van der Waals surface area contributed by atoms with Crippen molar-refractivity contribution in [2.45, 2.75) is 44.9 Å². The molecule has 1 atom stereocenters. The molecule has 1 heterocycles. The summed E-state index contributed by atoms with van der Waals surface area (Å²) in [5.74, 6) is 0.963. The first-order valence-corrected chi connectivity index (χ1v) is 10.4. The quantitative estimate of drug-likeness (QED) is 0.613.